The van der Waals surface area contributed by atoms with Gasteiger partial charge in [-0.05, 0) is 80.5 Å². The number of nitrogens with zero attached hydrogens (tertiary/aromatic N) is 4. The Morgan fingerprint density at radius 2 is 1.59 bits per heavy atom. The van der Waals surface area contributed by atoms with Gasteiger partial charge in [-0.1, -0.05) is 43.3 Å². The second-order valence-electron chi connectivity index (χ2n) is 16.0. The summed E-state index contributed by atoms with van der Waals surface area (Å²) < 4.78 is 7.69. The number of ether oxygens (including phenoxy) is 1. The predicted molar refractivity (Wildman–Crippen MR) is 213 cm³/mol. The van der Waals surface area contributed by atoms with Crippen molar-refractivity contribution in [2.24, 2.45) is 13.0 Å². The van der Waals surface area contributed by atoms with E-state index in [0.29, 0.717) is 50.8 Å². The van der Waals surface area contributed by atoms with Gasteiger partial charge < -0.3 is 45.3 Å². The number of aromatic nitrogens is 1. The van der Waals surface area contributed by atoms with Crippen LogP contribution in [0.4, 0.5) is 10.5 Å². The molecule has 0 aliphatic carbocycles. The average molecular weight is 797 g/mol. The molecule has 1 unspecified atom stereocenters. The van der Waals surface area contributed by atoms with Crippen molar-refractivity contribution < 1.29 is 38.3 Å². The van der Waals surface area contributed by atoms with Gasteiger partial charge in [0.1, 0.15) is 42.9 Å². The molecule has 2 aromatic carbocycles. The van der Waals surface area contributed by atoms with Crippen molar-refractivity contribution in [3.63, 3.8) is 0 Å². The highest BCUT2D eigenvalue weighted by atomic mass is 16.5. The summed E-state index contributed by atoms with van der Waals surface area (Å²) in [4.78, 5) is 102. The van der Waals surface area contributed by atoms with Crippen molar-refractivity contribution in [2.45, 2.75) is 95.0 Å². The number of rotatable bonds is 6. The molecule has 7 atom stereocenters. The minimum absolute atomic E-state index is 0.0502. The number of fused-ring (bicyclic) bond motifs is 4. The number of hydrogen-bond donors (Lipinski definition) is 4. The Balaban J connectivity index is 1.17. The van der Waals surface area contributed by atoms with Crippen molar-refractivity contribution in [1.82, 2.24) is 35.2 Å². The number of benzene rings is 2. The Labute approximate surface area is 337 Å². The van der Waals surface area contributed by atoms with Crippen LogP contribution in [0.25, 0.3) is 10.9 Å². The first-order chi connectivity index (χ1) is 27.9. The van der Waals surface area contributed by atoms with E-state index in [1.807, 2.05) is 73.3 Å². The molecule has 1 aromatic heterocycles. The number of urea groups is 1. The van der Waals surface area contributed by atoms with Crippen LogP contribution < -0.4 is 21.3 Å². The van der Waals surface area contributed by atoms with Crippen molar-refractivity contribution >= 4 is 58.1 Å². The molecule has 16 nitrogen and oxygen atoms in total. The van der Waals surface area contributed by atoms with Gasteiger partial charge in [0, 0.05) is 50.5 Å². The predicted octanol–water partition coefficient (Wildman–Crippen LogP) is 2.07. The van der Waals surface area contributed by atoms with Gasteiger partial charge in [-0.2, -0.15) is 0 Å². The molecule has 5 heterocycles. The van der Waals surface area contributed by atoms with E-state index < -0.39 is 78.5 Å². The second-order valence-corrected chi connectivity index (χ2v) is 16.0. The van der Waals surface area contributed by atoms with Crippen LogP contribution in [0.2, 0.25) is 0 Å². The zero-order chi connectivity index (χ0) is 41.1. The van der Waals surface area contributed by atoms with Crippen LogP contribution in [0.3, 0.4) is 0 Å². The molecule has 3 aromatic rings. The molecular formula is C42H52N8O8. The number of hydrogen-bond acceptors (Lipinski definition) is 8. The van der Waals surface area contributed by atoms with Crippen LogP contribution >= 0.6 is 0 Å². The standard InChI is InChI=1S/C42H52N8O8/c1-25-20-35-41(56)58-24-31(39(54)49-18-9-13-33(49)40(55)48-17-8-7-12-32(48)37(52)43-26(2)38(53)50(35)23-25)45-36(51)30(21-27-10-5-4-6-11-27)46-42(57)44-29-15-14-28-16-19-47(3)34(28)22-29/h4-6,10-11,14-16,19,22,25-26,30-33,35H,7-9,12-13,17-18,20-21,23-24H2,1-3H3,(H,43,52)(H,45,51)(H2,44,46,57)/t25-,26+,30+,31+,32+,33+,35?/m1/s1. The number of carbonyl (C=O) groups is 7. The number of piperidine rings is 1. The molecule has 308 valence electrons. The number of esters is 1. The maximum Gasteiger partial charge on any atom is 0.328 e. The quantitative estimate of drug-likeness (QED) is 0.273. The van der Waals surface area contributed by atoms with Gasteiger partial charge in [-0.15, -0.1) is 0 Å². The molecule has 7 amide bonds. The minimum Gasteiger partial charge on any atom is -0.461 e. The van der Waals surface area contributed by atoms with Crippen LogP contribution in [0.5, 0.6) is 0 Å². The van der Waals surface area contributed by atoms with Crippen LogP contribution in [-0.4, -0.2) is 123 Å². The number of amides is 7. The van der Waals surface area contributed by atoms with Crippen LogP contribution in [-0.2, 0) is 47.0 Å². The minimum atomic E-state index is -1.44. The summed E-state index contributed by atoms with van der Waals surface area (Å²) >= 11 is 0. The van der Waals surface area contributed by atoms with Gasteiger partial charge in [0.25, 0.3) is 0 Å². The summed E-state index contributed by atoms with van der Waals surface area (Å²) in [6.07, 6.45) is 4.92. The molecular weight excluding hydrogens is 745 g/mol. The Kier molecular flexibility index (Phi) is 12.0. The monoisotopic (exact) mass is 796 g/mol. The van der Waals surface area contributed by atoms with Crippen molar-refractivity contribution in [3.8, 4) is 0 Å². The first-order valence-electron chi connectivity index (χ1n) is 20.2. The Hall–Kier alpha value is -5.93. The summed E-state index contributed by atoms with van der Waals surface area (Å²) in [7, 11) is 1.90. The van der Waals surface area contributed by atoms with E-state index in [1.54, 1.807) is 13.0 Å². The third-order valence-corrected chi connectivity index (χ3v) is 11.8. The molecule has 4 aliphatic rings. The first kappa shape index (κ1) is 40.3. The third-order valence-electron chi connectivity index (χ3n) is 11.8. The van der Waals surface area contributed by atoms with Crippen LogP contribution in [0.15, 0.2) is 60.8 Å². The lowest BCUT2D eigenvalue weighted by Crippen LogP contribution is -2.62. The summed E-state index contributed by atoms with van der Waals surface area (Å²) in [5, 5.41) is 12.1. The topological polar surface area (TPSA) is 191 Å². The van der Waals surface area contributed by atoms with Crippen LogP contribution in [0, 0.1) is 5.92 Å². The third kappa shape index (κ3) is 8.65. The number of nitrogens with one attached hydrogen (secondary N) is 4. The molecule has 0 radical (unpaired) electrons. The molecule has 4 fully saturated rings. The fourth-order valence-corrected chi connectivity index (χ4v) is 8.71. The van der Waals surface area contributed by atoms with Gasteiger partial charge in [-0.3, -0.25) is 24.0 Å². The first-order valence-corrected chi connectivity index (χ1v) is 20.2. The highest BCUT2D eigenvalue weighted by Crippen LogP contribution is 2.28. The Morgan fingerprint density at radius 1 is 0.845 bits per heavy atom. The molecule has 0 spiro atoms. The van der Waals surface area contributed by atoms with E-state index in [2.05, 4.69) is 21.3 Å². The second kappa shape index (κ2) is 17.3. The maximum atomic E-state index is 14.6. The van der Waals surface area contributed by atoms with E-state index >= 15 is 0 Å². The van der Waals surface area contributed by atoms with Crippen molar-refractivity contribution in [2.75, 3.05) is 31.6 Å². The van der Waals surface area contributed by atoms with Crippen molar-refractivity contribution in [1.29, 1.82) is 0 Å². The van der Waals surface area contributed by atoms with E-state index in [-0.39, 0.29) is 31.3 Å². The molecule has 4 aliphatic heterocycles. The summed E-state index contributed by atoms with van der Waals surface area (Å²) in [5.41, 5.74) is 2.14. The Bertz CT molecular complexity index is 2070. The number of cyclic esters (lactones) is 1. The van der Waals surface area contributed by atoms with Crippen LogP contribution in [0.1, 0.15) is 57.9 Å². The van der Waals surface area contributed by atoms with E-state index in [4.69, 9.17) is 4.74 Å². The molecule has 7 rings (SSSR count). The molecule has 0 bridgehead atoms. The highest BCUT2D eigenvalue weighted by molar-refractivity contribution is 5.99. The molecule has 16 heteroatoms. The zero-order valence-electron chi connectivity index (χ0n) is 33.1. The summed E-state index contributed by atoms with van der Waals surface area (Å²) in [5.74, 6) is -3.46. The fraction of sp³-hybridized carbons (Fsp3) is 0.500. The normalized spacial score (nSPS) is 26.3. The lowest BCUT2D eigenvalue weighted by Gasteiger charge is -2.39. The number of anilines is 1. The average Bonchev–Trinajstić information content (AvgIpc) is 3.97. The number of carbonyl (C=O) groups excluding carboxylic acids is 7. The van der Waals surface area contributed by atoms with Gasteiger partial charge in [0.05, 0.1) is 0 Å². The fourth-order valence-electron chi connectivity index (χ4n) is 8.71. The molecule has 4 N–H and O–H groups in total. The Morgan fingerprint density at radius 3 is 2.38 bits per heavy atom. The highest BCUT2D eigenvalue weighted by Gasteiger charge is 2.46. The van der Waals surface area contributed by atoms with E-state index in [1.165, 1.54) is 14.7 Å². The zero-order valence-corrected chi connectivity index (χ0v) is 33.1. The van der Waals surface area contributed by atoms with Gasteiger partial charge in [0.15, 0.2) is 0 Å². The maximum absolute atomic E-state index is 14.6. The van der Waals surface area contributed by atoms with Gasteiger partial charge in [0.2, 0.25) is 29.5 Å². The molecule has 4 saturated heterocycles. The summed E-state index contributed by atoms with van der Waals surface area (Å²) in [6, 6.07) is 9.52. The molecule has 58 heavy (non-hydrogen) atoms. The SMILES string of the molecule is C[C@@H]1CC2C(=O)OC[C@H](NC(=O)[C@H](Cc3ccccc3)NC(=O)Nc3ccc4ccn(C)c4c3)C(=O)N3CCC[C@H]3C(=O)N3CCCC[C@H]3C(=O)N[C@@H](C)C(=O)N2C1. The van der Waals surface area contributed by atoms with Gasteiger partial charge in [-0.25, -0.2) is 9.59 Å². The van der Waals surface area contributed by atoms with E-state index in [0.717, 1.165) is 16.5 Å². The lowest BCUT2D eigenvalue weighted by atomic mass is 9.99. The number of aryl methyl sites for hydroxylation is 1. The molecule has 0 saturated carbocycles. The van der Waals surface area contributed by atoms with Gasteiger partial charge >= 0.3 is 12.0 Å². The van der Waals surface area contributed by atoms with E-state index in [9.17, 15) is 33.6 Å². The van der Waals surface area contributed by atoms with Crippen molar-refractivity contribution in [3.05, 3.63) is 66.4 Å². The smallest absolute Gasteiger partial charge is 0.328 e. The lowest BCUT2D eigenvalue weighted by molar-refractivity contribution is -0.158. The largest absolute Gasteiger partial charge is 0.461 e. The summed E-state index contributed by atoms with van der Waals surface area (Å²) in [6.45, 7) is 3.67.